The van der Waals surface area contributed by atoms with Crippen molar-refractivity contribution >= 4 is 23.2 Å². The fourth-order valence-corrected chi connectivity index (χ4v) is 3.20. The van der Waals surface area contributed by atoms with Gasteiger partial charge in [0.15, 0.2) is 6.61 Å². The van der Waals surface area contributed by atoms with Crippen molar-refractivity contribution in [3.05, 3.63) is 115 Å². The van der Waals surface area contributed by atoms with Crippen molar-refractivity contribution in [3.63, 3.8) is 0 Å². The van der Waals surface area contributed by atoms with Gasteiger partial charge in [-0.15, -0.1) is 0 Å². The van der Waals surface area contributed by atoms with E-state index in [-0.39, 0.29) is 18.4 Å². The minimum Gasteiger partial charge on any atom is -0.484 e. The lowest BCUT2D eigenvalue weighted by molar-refractivity contribution is -0.118. The van der Waals surface area contributed by atoms with E-state index in [9.17, 15) is 9.59 Å². The van der Waals surface area contributed by atoms with Gasteiger partial charge in [-0.25, -0.2) is 0 Å². The summed E-state index contributed by atoms with van der Waals surface area (Å²) in [4.78, 5) is 24.3. The highest BCUT2D eigenvalue weighted by Gasteiger charge is 2.06. The van der Waals surface area contributed by atoms with Crippen LogP contribution in [-0.4, -0.2) is 18.4 Å². The molecule has 0 fully saturated rings. The second-order valence-electron chi connectivity index (χ2n) is 7.51. The Balaban J connectivity index is 1.24. The number of nitrogens with one attached hydrogen (secondary N) is 2. The first-order valence-corrected chi connectivity index (χ1v) is 10.8. The van der Waals surface area contributed by atoms with Gasteiger partial charge in [0.2, 0.25) is 5.91 Å². The van der Waals surface area contributed by atoms with Crippen molar-refractivity contribution in [2.75, 3.05) is 17.2 Å². The number of ether oxygens (including phenoxy) is 2. The largest absolute Gasteiger partial charge is 0.484 e. The SMILES string of the molecule is O=C(COc1ccccc1)Nc1ccc(Oc2ccc(NC(=O)Cc3ccccc3)cc2)cc1. The van der Waals surface area contributed by atoms with Gasteiger partial charge < -0.3 is 20.1 Å². The molecule has 0 atom stereocenters. The Labute approximate surface area is 198 Å². The zero-order valence-electron chi connectivity index (χ0n) is 18.4. The molecule has 4 aromatic rings. The minimum atomic E-state index is -0.248. The topological polar surface area (TPSA) is 76.7 Å². The van der Waals surface area contributed by atoms with Crippen LogP contribution in [0.4, 0.5) is 11.4 Å². The van der Waals surface area contributed by atoms with Gasteiger partial charge in [0.05, 0.1) is 6.42 Å². The average Bonchev–Trinajstić information content (AvgIpc) is 2.86. The third-order valence-corrected chi connectivity index (χ3v) is 4.83. The lowest BCUT2D eigenvalue weighted by Crippen LogP contribution is -2.20. The van der Waals surface area contributed by atoms with Gasteiger partial charge in [0, 0.05) is 11.4 Å². The van der Waals surface area contributed by atoms with E-state index in [1.54, 1.807) is 60.7 Å². The third-order valence-electron chi connectivity index (χ3n) is 4.83. The summed E-state index contributed by atoms with van der Waals surface area (Å²) in [6.45, 7) is -0.0729. The van der Waals surface area contributed by atoms with Crippen LogP contribution in [0.3, 0.4) is 0 Å². The van der Waals surface area contributed by atoms with Gasteiger partial charge in [-0.2, -0.15) is 0 Å². The Kier molecular flexibility index (Phi) is 7.54. The molecule has 34 heavy (non-hydrogen) atoms. The number of hydrogen-bond acceptors (Lipinski definition) is 4. The van der Waals surface area contributed by atoms with E-state index in [2.05, 4.69) is 10.6 Å². The Bertz CT molecular complexity index is 1210. The summed E-state index contributed by atoms with van der Waals surface area (Å²) in [5.74, 6) is 1.57. The molecule has 0 aliphatic carbocycles. The zero-order valence-corrected chi connectivity index (χ0v) is 18.4. The van der Waals surface area contributed by atoms with Gasteiger partial charge >= 0.3 is 0 Å². The van der Waals surface area contributed by atoms with Crippen LogP contribution < -0.4 is 20.1 Å². The van der Waals surface area contributed by atoms with E-state index in [1.165, 1.54) is 0 Å². The molecule has 2 N–H and O–H groups in total. The van der Waals surface area contributed by atoms with Crippen LogP contribution in [0.15, 0.2) is 109 Å². The predicted octanol–water partition coefficient (Wildman–Crippen LogP) is 5.68. The van der Waals surface area contributed by atoms with Crippen LogP contribution in [-0.2, 0) is 16.0 Å². The minimum absolute atomic E-state index is 0.0729. The molecule has 0 bridgehead atoms. The summed E-state index contributed by atoms with van der Waals surface area (Å²) in [7, 11) is 0. The lowest BCUT2D eigenvalue weighted by atomic mass is 10.1. The number of carbonyl (C=O) groups excluding carboxylic acids is 2. The Morgan fingerprint density at radius 2 is 1.06 bits per heavy atom. The summed E-state index contributed by atoms with van der Waals surface area (Å²) in [6.07, 6.45) is 0.320. The number of para-hydroxylation sites is 1. The molecular weight excluding hydrogens is 428 g/mol. The predicted molar refractivity (Wildman–Crippen MR) is 132 cm³/mol. The Hall–Kier alpha value is -4.58. The fourth-order valence-electron chi connectivity index (χ4n) is 3.20. The first-order chi connectivity index (χ1) is 16.6. The van der Waals surface area contributed by atoms with Crippen molar-refractivity contribution in [2.45, 2.75) is 6.42 Å². The third kappa shape index (κ3) is 6.97. The fraction of sp³-hybridized carbons (Fsp3) is 0.0714. The van der Waals surface area contributed by atoms with Crippen LogP contribution >= 0.6 is 0 Å². The maximum Gasteiger partial charge on any atom is 0.262 e. The van der Waals surface area contributed by atoms with Crippen molar-refractivity contribution in [1.82, 2.24) is 0 Å². The summed E-state index contributed by atoms with van der Waals surface area (Å²) in [6, 6.07) is 33.0. The molecule has 4 aromatic carbocycles. The van der Waals surface area contributed by atoms with Crippen molar-refractivity contribution in [3.8, 4) is 17.2 Å². The first kappa shape index (κ1) is 22.6. The average molecular weight is 453 g/mol. The Morgan fingerprint density at radius 1 is 0.559 bits per heavy atom. The summed E-state index contributed by atoms with van der Waals surface area (Å²) in [5.41, 5.74) is 2.30. The van der Waals surface area contributed by atoms with Gasteiger partial charge in [0.1, 0.15) is 17.2 Å². The van der Waals surface area contributed by atoms with E-state index < -0.39 is 0 Å². The molecule has 0 unspecified atom stereocenters. The van der Waals surface area contributed by atoms with E-state index >= 15 is 0 Å². The van der Waals surface area contributed by atoms with Gasteiger partial charge in [-0.05, 0) is 66.2 Å². The Morgan fingerprint density at radius 3 is 1.62 bits per heavy atom. The second kappa shape index (κ2) is 11.3. The molecule has 0 aromatic heterocycles. The van der Waals surface area contributed by atoms with Gasteiger partial charge in [0.25, 0.3) is 5.91 Å². The number of amides is 2. The molecule has 0 heterocycles. The monoisotopic (exact) mass is 452 g/mol. The highest BCUT2D eigenvalue weighted by Crippen LogP contribution is 2.24. The zero-order chi connectivity index (χ0) is 23.6. The molecule has 0 spiro atoms. The highest BCUT2D eigenvalue weighted by atomic mass is 16.5. The molecule has 6 heteroatoms. The summed E-state index contributed by atoms with van der Waals surface area (Å²) in [5, 5.41) is 5.67. The van der Waals surface area contributed by atoms with E-state index in [1.807, 2.05) is 48.5 Å². The molecule has 0 saturated carbocycles. The smallest absolute Gasteiger partial charge is 0.262 e. The van der Waals surface area contributed by atoms with Crippen molar-refractivity contribution in [1.29, 1.82) is 0 Å². The maximum absolute atomic E-state index is 12.2. The molecule has 2 amide bonds. The summed E-state index contributed by atoms with van der Waals surface area (Å²) < 4.78 is 11.3. The molecule has 170 valence electrons. The number of carbonyl (C=O) groups is 2. The number of anilines is 2. The molecule has 4 rings (SSSR count). The van der Waals surface area contributed by atoms with Crippen LogP contribution in [0.25, 0.3) is 0 Å². The number of benzene rings is 4. The molecule has 6 nitrogen and oxygen atoms in total. The molecule has 0 radical (unpaired) electrons. The van der Waals surface area contributed by atoms with Gasteiger partial charge in [-0.3, -0.25) is 9.59 Å². The molecule has 0 saturated heterocycles. The van der Waals surface area contributed by atoms with Gasteiger partial charge in [-0.1, -0.05) is 48.5 Å². The number of hydrogen-bond donors (Lipinski definition) is 2. The first-order valence-electron chi connectivity index (χ1n) is 10.8. The van der Waals surface area contributed by atoms with E-state index in [0.717, 1.165) is 5.56 Å². The van der Waals surface area contributed by atoms with Crippen LogP contribution in [0.1, 0.15) is 5.56 Å². The van der Waals surface area contributed by atoms with Crippen molar-refractivity contribution < 1.29 is 19.1 Å². The van der Waals surface area contributed by atoms with E-state index in [0.29, 0.717) is 35.0 Å². The second-order valence-corrected chi connectivity index (χ2v) is 7.51. The normalized spacial score (nSPS) is 10.2. The molecule has 0 aliphatic rings. The maximum atomic E-state index is 12.2. The molecular formula is C28H24N2O4. The van der Waals surface area contributed by atoms with Crippen LogP contribution in [0.2, 0.25) is 0 Å². The highest BCUT2D eigenvalue weighted by molar-refractivity contribution is 5.92. The quantitative estimate of drug-likeness (QED) is 0.343. The van der Waals surface area contributed by atoms with Crippen LogP contribution in [0, 0.1) is 0 Å². The van der Waals surface area contributed by atoms with Crippen LogP contribution in [0.5, 0.6) is 17.2 Å². The summed E-state index contributed by atoms with van der Waals surface area (Å²) >= 11 is 0. The van der Waals surface area contributed by atoms with E-state index in [4.69, 9.17) is 9.47 Å². The number of rotatable bonds is 9. The molecule has 0 aliphatic heterocycles. The lowest BCUT2D eigenvalue weighted by Gasteiger charge is -2.10. The standard InChI is InChI=1S/C28H24N2O4/c31-27(19-21-7-3-1-4-8-21)29-22-11-15-25(16-12-22)34-26-17-13-23(14-18-26)30-28(32)20-33-24-9-5-2-6-10-24/h1-18H,19-20H2,(H,29,31)(H,30,32). The van der Waals surface area contributed by atoms with Crippen molar-refractivity contribution in [2.24, 2.45) is 0 Å².